The van der Waals surface area contributed by atoms with Crippen molar-refractivity contribution in [3.05, 3.63) is 53.6 Å². The molecule has 0 bridgehead atoms. The van der Waals surface area contributed by atoms with E-state index in [4.69, 9.17) is 14.2 Å². The van der Waals surface area contributed by atoms with E-state index >= 15 is 0 Å². The number of ether oxygens (including phenoxy) is 3. The minimum absolute atomic E-state index is 0.0539. The second kappa shape index (κ2) is 10.7. The molecule has 0 aliphatic carbocycles. The van der Waals surface area contributed by atoms with Gasteiger partial charge < -0.3 is 24.4 Å². The van der Waals surface area contributed by atoms with Crippen molar-refractivity contribution < 1.29 is 23.8 Å². The molecule has 0 aromatic heterocycles. The first-order valence-electron chi connectivity index (χ1n) is 10.5. The van der Waals surface area contributed by atoms with E-state index in [-0.39, 0.29) is 17.9 Å². The lowest BCUT2D eigenvalue weighted by Gasteiger charge is -2.32. The van der Waals surface area contributed by atoms with Crippen molar-refractivity contribution in [1.29, 1.82) is 0 Å². The molecule has 0 radical (unpaired) electrons. The third-order valence-corrected chi connectivity index (χ3v) is 5.54. The standard InChI is InChI=1S/C24H30N2O5/c1-29-20-15-18(16-21(30-2)23(20)31-3)24(28)26-13-11-19(12-14-26)25-22(27)10-9-17-7-5-4-6-8-17/h4-8,15-16,19H,9-14H2,1-3H3,(H,25,27). The molecule has 31 heavy (non-hydrogen) atoms. The van der Waals surface area contributed by atoms with Crippen LogP contribution in [-0.4, -0.2) is 57.2 Å². The lowest BCUT2D eigenvalue weighted by Crippen LogP contribution is -2.46. The predicted octanol–water partition coefficient (Wildman–Crippen LogP) is 3.07. The van der Waals surface area contributed by atoms with Crippen LogP contribution >= 0.6 is 0 Å². The Kier molecular flexibility index (Phi) is 7.76. The Morgan fingerprint density at radius 2 is 1.58 bits per heavy atom. The van der Waals surface area contributed by atoms with Crippen LogP contribution in [0.15, 0.2) is 42.5 Å². The zero-order chi connectivity index (χ0) is 22.2. The molecule has 1 aliphatic heterocycles. The third kappa shape index (κ3) is 5.69. The summed E-state index contributed by atoms with van der Waals surface area (Å²) >= 11 is 0. The number of aryl methyl sites for hydroxylation is 1. The fourth-order valence-corrected chi connectivity index (χ4v) is 3.82. The second-order valence-corrected chi connectivity index (χ2v) is 7.53. The van der Waals surface area contributed by atoms with E-state index in [1.54, 1.807) is 17.0 Å². The smallest absolute Gasteiger partial charge is 0.254 e. The predicted molar refractivity (Wildman–Crippen MR) is 118 cm³/mol. The van der Waals surface area contributed by atoms with Gasteiger partial charge in [-0.05, 0) is 37.0 Å². The number of methoxy groups -OCH3 is 3. The van der Waals surface area contributed by atoms with Gasteiger partial charge in [-0.1, -0.05) is 30.3 Å². The maximum Gasteiger partial charge on any atom is 0.254 e. The Labute approximate surface area is 183 Å². The molecule has 0 saturated carbocycles. The van der Waals surface area contributed by atoms with Crippen LogP contribution in [0.2, 0.25) is 0 Å². The van der Waals surface area contributed by atoms with Crippen molar-refractivity contribution in [3.8, 4) is 17.2 Å². The molecule has 0 unspecified atom stereocenters. The van der Waals surface area contributed by atoms with Gasteiger partial charge in [-0.2, -0.15) is 0 Å². The molecular formula is C24H30N2O5. The topological polar surface area (TPSA) is 77.1 Å². The Morgan fingerprint density at radius 1 is 0.968 bits per heavy atom. The SMILES string of the molecule is COc1cc(C(=O)N2CCC(NC(=O)CCc3ccccc3)CC2)cc(OC)c1OC. The molecule has 166 valence electrons. The van der Waals surface area contributed by atoms with Gasteiger partial charge in [0, 0.05) is 31.1 Å². The van der Waals surface area contributed by atoms with Crippen molar-refractivity contribution in [3.63, 3.8) is 0 Å². The lowest BCUT2D eigenvalue weighted by molar-refractivity contribution is -0.122. The summed E-state index contributed by atoms with van der Waals surface area (Å²) < 4.78 is 16.0. The van der Waals surface area contributed by atoms with Crippen LogP contribution in [0.5, 0.6) is 17.2 Å². The van der Waals surface area contributed by atoms with E-state index in [0.29, 0.717) is 42.3 Å². The zero-order valence-corrected chi connectivity index (χ0v) is 18.3. The number of amides is 2. The largest absolute Gasteiger partial charge is 0.493 e. The monoisotopic (exact) mass is 426 g/mol. The van der Waals surface area contributed by atoms with Gasteiger partial charge in [-0.3, -0.25) is 9.59 Å². The molecule has 0 spiro atoms. The van der Waals surface area contributed by atoms with Crippen LogP contribution in [-0.2, 0) is 11.2 Å². The zero-order valence-electron chi connectivity index (χ0n) is 18.3. The summed E-state index contributed by atoms with van der Waals surface area (Å²) in [5.74, 6) is 1.32. The van der Waals surface area contributed by atoms with Gasteiger partial charge in [-0.25, -0.2) is 0 Å². The summed E-state index contributed by atoms with van der Waals surface area (Å²) in [5.41, 5.74) is 1.64. The number of rotatable bonds is 8. The molecule has 7 heteroatoms. The first-order valence-corrected chi connectivity index (χ1v) is 10.5. The molecule has 2 amide bonds. The van der Waals surface area contributed by atoms with Crippen molar-refractivity contribution >= 4 is 11.8 Å². The Morgan fingerprint density at radius 3 is 2.13 bits per heavy atom. The van der Waals surface area contributed by atoms with Gasteiger partial charge in [0.1, 0.15) is 0 Å². The maximum atomic E-state index is 13.0. The van der Waals surface area contributed by atoms with Crippen LogP contribution < -0.4 is 19.5 Å². The number of benzene rings is 2. The number of carbonyl (C=O) groups is 2. The van der Waals surface area contributed by atoms with Crippen LogP contribution in [0.1, 0.15) is 35.2 Å². The number of carbonyl (C=O) groups excluding carboxylic acids is 2. The van der Waals surface area contributed by atoms with Crippen molar-refractivity contribution in [2.75, 3.05) is 34.4 Å². The van der Waals surface area contributed by atoms with Crippen LogP contribution in [0.25, 0.3) is 0 Å². The molecule has 2 aromatic carbocycles. The highest BCUT2D eigenvalue weighted by Gasteiger charge is 2.26. The summed E-state index contributed by atoms with van der Waals surface area (Å²) in [4.78, 5) is 27.1. The average molecular weight is 427 g/mol. The van der Waals surface area contributed by atoms with Gasteiger partial charge in [0.15, 0.2) is 11.5 Å². The van der Waals surface area contributed by atoms with Gasteiger partial charge in [-0.15, -0.1) is 0 Å². The fourth-order valence-electron chi connectivity index (χ4n) is 3.82. The Hall–Kier alpha value is -3.22. The molecule has 1 N–H and O–H groups in total. The van der Waals surface area contributed by atoms with Gasteiger partial charge in [0.25, 0.3) is 5.91 Å². The molecule has 1 saturated heterocycles. The van der Waals surface area contributed by atoms with Crippen molar-refractivity contribution in [2.45, 2.75) is 31.7 Å². The molecule has 7 nitrogen and oxygen atoms in total. The Balaban J connectivity index is 1.53. The summed E-state index contributed by atoms with van der Waals surface area (Å²) in [6, 6.07) is 13.4. The van der Waals surface area contributed by atoms with E-state index in [9.17, 15) is 9.59 Å². The molecular weight excluding hydrogens is 396 g/mol. The minimum atomic E-state index is -0.0897. The number of piperidine rings is 1. The molecule has 3 rings (SSSR count). The first-order chi connectivity index (χ1) is 15.0. The van der Waals surface area contributed by atoms with E-state index in [0.717, 1.165) is 24.8 Å². The Bertz CT molecular complexity index is 867. The maximum absolute atomic E-state index is 13.0. The highest BCUT2D eigenvalue weighted by molar-refractivity contribution is 5.95. The van der Waals surface area contributed by atoms with Gasteiger partial charge in [0.05, 0.1) is 21.3 Å². The van der Waals surface area contributed by atoms with E-state index in [1.165, 1.54) is 21.3 Å². The van der Waals surface area contributed by atoms with Crippen LogP contribution in [0.4, 0.5) is 0 Å². The molecule has 1 fully saturated rings. The van der Waals surface area contributed by atoms with E-state index < -0.39 is 0 Å². The average Bonchev–Trinajstić information content (AvgIpc) is 2.82. The highest BCUT2D eigenvalue weighted by atomic mass is 16.5. The van der Waals surface area contributed by atoms with Crippen molar-refractivity contribution in [1.82, 2.24) is 10.2 Å². The minimum Gasteiger partial charge on any atom is -0.493 e. The summed E-state index contributed by atoms with van der Waals surface area (Å²) in [5, 5.41) is 3.11. The highest BCUT2D eigenvalue weighted by Crippen LogP contribution is 2.38. The fraction of sp³-hybridized carbons (Fsp3) is 0.417. The third-order valence-electron chi connectivity index (χ3n) is 5.54. The number of likely N-dealkylation sites (tertiary alicyclic amines) is 1. The quantitative estimate of drug-likeness (QED) is 0.702. The molecule has 1 heterocycles. The second-order valence-electron chi connectivity index (χ2n) is 7.53. The number of hydrogen-bond acceptors (Lipinski definition) is 5. The number of nitrogens with zero attached hydrogens (tertiary/aromatic N) is 1. The van der Waals surface area contributed by atoms with E-state index in [1.807, 2.05) is 30.3 Å². The normalized spacial score (nSPS) is 14.1. The lowest BCUT2D eigenvalue weighted by atomic mass is 10.0. The van der Waals surface area contributed by atoms with E-state index in [2.05, 4.69) is 5.32 Å². The van der Waals surface area contributed by atoms with Crippen LogP contribution in [0.3, 0.4) is 0 Å². The number of nitrogens with one attached hydrogen (secondary N) is 1. The van der Waals surface area contributed by atoms with Gasteiger partial charge in [0.2, 0.25) is 11.7 Å². The first kappa shape index (κ1) is 22.5. The van der Waals surface area contributed by atoms with Gasteiger partial charge >= 0.3 is 0 Å². The molecule has 2 aromatic rings. The van der Waals surface area contributed by atoms with Crippen molar-refractivity contribution in [2.24, 2.45) is 0 Å². The number of hydrogen-bond donors (Lipinski definition) is 1. The molecule has 0 atom stereocenters. The summed E-state index contributed by atoms with van der Waals surface area (Å²) in [7, 11) is 4.58. The summed E-state index contributed by atoms with van der Waals surface area (Å²) in [6.45, 7) is 1.16. The molecule has 1 aliphatic rings. The van der Waals surface area contributed by atoms with Crippen LogP contribution in [0, 0.1) is 0 Å². The summed E-state index contributed by atoms with van der Waals surface area (Å²) in [6.07, 6.45) is 2.65.